The molecule has 0 radical (unpaired) electrons. The summed E-state index contributed by atoms with van der Waals surface area (Å²) in [6, 6.07) is 14.1. The molecule has 4 rings (SSSR count). The van der Waals surface area contributed by atoms with E-state index in [4.69, 9.17) is 4.98 Å². The van der Waals surface area contributed by atoms with E-state index in [0.717, 1.165) is 46.1 Å². The predicted molar refractivity (Wildman–Crippen MR) is 104 cm³/mol. The van der Waals surface area contributed by atoms with Crippen LogP contribution in [0.5, 0.6) is 0 Å². The number of pyridine rings is 1. The van der Waals surface area contributed by atoms with E-state index in [2.05, 4.69) is 0 Å². The molecule has 0 aliphatic heterocycles. The van der Waals surface area contributed by atoms with Crippen molar-refractivity contribution < 1.29 is 49.0 Å². The molecule has 142 valence electrons. The van der Waals surface area contributed by atoms with E-state index in [-0.39, 0.29) is 35.4 Å². The number of nitrogens with zero attached hydrogens (tertiary/aromatic N) is 1. The van der Waals surface area contributed by atoms with Gasteiger partial charge in [-0.1, -0.05) is 42.5 Å². The maximum atomic E-state index is 13.5. The van der Waals surface area contributed by atoms with Crippen LogP contribution in [0.25, 0.3) is 28.1 Å². The number of fused-ring (bicyclic) bond motifs is 1. The third kappa shape index (κ3) is 4.93. The minimum absolute atomic E-state index is 0. The van der Waals surface area contributed by atoms with Crippen molar-refractivity contribution in [3.8, 4) is 11.1 Å². The number of halogens is 1. The summed E-state index contributed by atoms with van der Waals surface area (Å²) >= 11 is 0. The molecule has 6 heteroatoms. The van der Waals surface area contributed by atoms with Crippen LogP contribution in [-0.4, -0.2) is 22.2 Å². The zero-order valence-electron chi connectivity index (χ0n) is 16.1. The number of aliphatic hydroxyl groups excluding tert-OH is 1. The SMILES string of the molecule is O=C([O-])C[C@H](O)/C=C/c1c(C2CC2)nc2ccccc2c1-c1ccc(F)cc1.[Na+]. The fourth-order valence-electron chi connectivity index (χ4n) is 3.46. The Bertz CT molecular complexity index is 1060. The van der Waals surface area contributed by atoms with Crippen molar-refractivity contribution in [2.24, 2.45) is 0 Å². The summed E-state index contributed by atoms with van der Waals surface area (Å²) in [5.41, 5.74) is 4.37. The minimum atomic E-state index is -1.31. The summed E-state index contributed by atoms with van der Waals surface area (Å²) in [4.78, 5) is 15.6. The number of carboxylic acid groups (broad SMARTS) is 1. The van der Waals surface area contributed by atoms with E-state index in [1.807, 2.05) is 24.3 Å². The summed E-state index contributed by atoms with van der Waals surface area (Å²) in [6.07, 6.45) is 3.65. The molecule has 1 atom stereocenters. The molecule has 1 aromatic heterocycles. The van der Waals surface area contributed by atoms with Crippen LogP contribution in [0.1, 0.15) is 36.4 Å². The molecule has 0 spiro atoms. The summed E-state index contributed by atoms with van der Waals surface area (Å²) in [7, 11) is 0. The van der Waals surface area contributed by atoms with E-state index in [9.17, 15) is 19.4 Å². The Morgan fingerprint density at radius 2 is 1.90 bits per heavy atom. The minimum Gasteiger partial charge on any atom is -0.550 e. The van der Waals surface area contributed by atoms with Crippen molar-refractivity contribution in [1.29, 1.82) is 0 Å². The Hall–Kier alpha value is -2.05. The number of carbonyl (C=O) groups excluding carboxylic acids is 1. The first-order valence-corrected chi connectivity index (χ1v) is 9.27. The molecule has 1 saturated carbocycles. The standard InChI is InChI=1S/C23H20FNO3.Na/c24-16-9-7-14(8-10-16)22-18-3-1-2-4-20(18)25-23(15-5-6-15)19(22)12-11-17(26)13-21(27)28;/h1-4,7-12,15,17,26H,5-6,13H2,(H,27,28);/q;+1/p-1/b12-11+;/t17-;/m1./s1. The first kappa shape index (κ1) is 21.7. The third-order valence-electron chi connectivity index (χ3n) is 4.92. The molecular formula is C23H19FNNaO3. The fraction of sp³-hybridized carbons (Fsp3) is 0.217. The molecule has 0 unspecified atom stereocenters. The number of hydrogen-bond donors (Lipinski definition) is 1. The zero-order chi connectivity index (χ0) is 19.7. The molecule has 1 aliphatic rings. The molecule has 2 aromatic carbocycles. The molecule has 4 nitrogen and oxygen atoms in total. The Balaban J connectivity index is 0.00000240. The molecule has 0 saturated heterocycles. The number of rotatable bonds is 6. The maximum Gasteiger partial charge on any atom is 1.00 e. The van der Waals surface area contributed by atoms with Gasteiger partial charge in [0, 0.05) is 34.8 Å². The number of benzene rings is 2. The number of carboxylic acids is 1. The smallest absolute Gasteiger partial charge is 0.550 e. The number of hydrogen-bond acceptors (Lipinski definition) is 4. The van der Waals surface area contributed by atoms with Crippen molar-refractivity contribution in [3.05, 3.63) is 71.7 Å². The molecule has 1 N–H and O–H groups in total. The van der Waals surface area contributed by atoms with Crippen LogP contribution in [0.15, 0.2) is 54.6 Å². The van der Waals surface area contributed by atoms with Gasteiger partial charge in [-0.2, -0.15) is 0 Å². The van der Waals surface area contributed by atoms with Crippen LogP contribution in [0.2, 0.25) is 0 Å². The second kappa shape index (κ2) is 9.18. The van der Waals surface area contributed by atoms with Crippen molar-refractivity contribution in [1.82, 2.24) is 4.98 Å². The van der Waals surface area contributed by atoms with Gasteiger partial charge in [-0.3, -0.25) is 4.98 Å². The van der Waals surface area contributed by atoms with Crippen LogP contribution in [0.3, 0.4) is 0 Å². The van der Waals surface area contributed by atoms with Gasteiger partial charge in [0.2, 0.25) is 0 Å². The topological polar surface area (TPSA) is 73.2 Å². The van der Waals surface area contributed by atoms with Crippen LogP contribution < -0.4 is 34.7 Å². The average molecular weight is 399 g/mol. The largest absolute Gasteiger partial charge is 1.00 e. The normalized spacial score (nSPS) is 14.7. The van der Waals surface area contributed by atoms with Gasteiger partial charge in [-0.15, -0.1) is 0 Å². The summed E-state index contributed by atoms with van der Waals surface area (Å²) < 4.78 is 13.5. The zero-order valence-corrected chi connectivity index (χ0v) is 18.1. The van der Waals surface area contributed by atoms with E-state index < -0.39 is 18.5 Å². The van der Waals surface area contributed by atoms with E-state index >= 15 is 0 Å². The van der Waals surface area contributed by atoms with Crippen LogP contribution >= 0.6 is 0 Å². The third-order valence-corrected chi connectivity index (χ3v) is 4.92. The molecule has 1 fully saturated rings. The van der Waals surface area contributed by atoms with Crippen molar-refractivity contribution in [2.45, 2.75) is 31.3 Å². The number of para-hydroxylation sites is 1. The van der Waals surface area contributed by atoms with E-state index in [0.29, 0.717) is 5.92 Å². The Morgan fingerprint density at radius 1 is 1.21 bits per heavy atom. The Labute approximate surface area is 190 Å². The number of aliphatic hydroxyl groups is 1. The first-order valence-electron chi connectivity index (χ1n) is 9.27. The second-order valence-corrected chi connectivity index (χ2v) is 7.09. The maximum absolute atomic E-state index is 13.5. The van der Waals surface area contributed by atoms with Gasteiger partial charge in [-0.05, 0) is 36.6 Å². The van der Waals surface area contributed by atoms with Gasteiger partial charge >= 0.3 is 29.6 Å². The molecule has 0 bridgehead atoms. The summed E-state index contributed by atoms with van der Waals surface area (Å²) in [5, 5.41) is 21.6. The van der Waals surface area contributed by atoms with Crippen LogP contribution in [-0.2, 0) is 4.79 Å². The Morgan fingerprint density at radius 3 is 2.55 bits per heavy atom. The molecule has 29 heavy (non-hydrogen) atoms. The number of carbonyl (C=O) groups is 1. The van der Waals surface area contributed by atoms with Gasteiger partial charge in [0.1, 0.15) is 5.82 Å². The first-order chi connectivity index (χ1) is 13.5. The molecule has 3 aromatic rings. The van der Waals surface area contributed by atoms with E-state index in [1.54, 1.807) is 18.2 Å². The van der Waals surface area contributed by atoms with E-state index in [1.165, 1.54) is 18.2 Å². The van der Waals surface area contributed by atoms with Crippen molar-refractivity contribution >= 4 is 22.9 Å². The molecule has 0 amide bonds. The Kier molecular flexibility index (Phi) is 6.85. The average Bonchev–Trinajstić information content (AvgIpc) is 3.51. The van der Waals surface area contributed by atoms with Crippen LogP contribution in [0, 0.1) is 5.82 Å². The number of aliphatic carboxylic acids is 1. The molecular weight excluding hydrogens is 380 g/mol. The van der Waals surface area contributed by atoms with Gasteiger partial charge in [0.05, 0.1) is 17.3 Å². The van der Waals surface area contributed by atoms with Crippen LogP contribution in [0.4, 0.5) is 4.39 Å². The molecule has 1 heterocycles. The van der Waals surface area contributed by atoms with Crippen molar-refractivity contribution in [2.75, 3.05) is 0 Å². The van der Waals surface area contributed by atoms with Crippen molar-refractivity contribution in [3.63, 3.8) is 0 Å². The molecule has 1 aliphatic carbocycles. The van der Waals surface area contributed by atoms with Gasteiger partial charge in [0.15, 0.2) is 0 Å². The number of aromatic nitrogens is 1. The monoisotopic (exact) mass is 399 g/mol. The fourth-order valence-corrected chi connectivity index (χ4v) is 3.46. The van der Waals surface area contributed by atoms with Gasteiger partial charge in [0.25, 0.3) is 0 Å². The van der Waals surface area contributed by atoms with Gasteiger partial charge < -0.3 is 15.0 Å². The predicted octanol–water partition coefficient (Wildman–Crippen LogP) is 0.436. The van der Waals surface area contributed by atoms with Gasteiger partial charge in [-0.25, -0.2) is 4.39 Å². The summed E-state index contributed by atoms with van der Waals surface area (Å²) in [5.74, 6) is -1.29. The quantitative estimate of drug-likeness (QED) is 0.611. The second-order valence-electron chi connectivity index (χ2n) is 7.09. The summed E-state index contributed by atoms with van der Waals surface area (Å²) in [6.45, 7) is 0.